The second-order valence-electron chi connectivity index (χ2n) is 9.20. The van der Waals surface area contributed by atoms with Gasteiger partial charge in [-0.1, -0.05) is 81.4 Å². The van der Waals surface area contributed by atoms with Crippen LogP contribution in [-0.4, -0.2) is 7.05 Å². The van der Waals surface area contributed by atoms with E-state index in [1.54, 1.807) is 6.08 Å². The van der Waals surface area contributed by atoms with E-state index in [0.29, 0.717) is 0 Å². The van der Waals surface area contributed by atoms with Crippen LogP contribution in [0.4, 0.5) is 5.69 Å². The number of anilines is 1. The van der Waals surface area contributed by atoms with E-state index in [4.69, 9.17) is 0 Å². The predicted octanol–water partition coefficient (Wildman–Crippen LogP) is 8.90. The van der Waals surface area contributed by atoms with Crippen molar-refractivity contribution in [2.45, 2.75) is 59.9 Å². The van der Waals surface area contributed by atoms with E-state index in [1.165, 1.54) is 50.2 Å². The first-order valence-corrected chi connectivity index (χ1v) is 13.3. The van der Waals surface area contributed by atoms with Crippen LogP contribution in [0.25, 0.3) is 11.3 Å². The smallest absolute Gasteiger partial charge is 0.0707 e. The van der Waals surface area contributed by atoms with E-state index >= 15 is 0 Å². The molecule has 2 N–H and O–H groups in total. The Kier molecular flexibility index (Phi) is 9.76. The van der Waals surface area contributed by atoms with E-state index in [-0.39, 0.29) is 6.04 Å². The van der Waals surface area contributed by atoms with Crippen LogP contribution < -0.4 is 10.6 Å². The standard InChI is InChI=1S/C31H36N2.C3H6/c1-6-22-13-14-25(19-23(22)7-2)29-20-30(24-15-17-26(32-5)18-16-24)33-31(27(29)8-3)28-12-10-9-11-21(28)4;1-3-2/h9-20,30,32-33H,6-8H2,1-5H3;3H,1H2,2H3. The Hall–Kier alpha value is -3.52. The highest BCUT2D eigenvalue weighted by atomic mass is 14.9. The molecule has 0 amide bonds. The van der Waals surface area contributed by atoms with E-state index in [2.05, 4.69) is 118 Å². The highest BCUT2D eigenvalue weighted by molar-refractivity contribution is 5.92. The van der Waals surface area contributed by atoms with Gasteiger partial charge in [0.1, 0.15) is 0 Å². The minimum Gasteiger partial charge on any atom is -0.388 e. The Morgan fingerprint density at radius 3 is 2.14 bits per heavy atom. The summed E-state index contributed by atoms with van der Waals surface area (Å²) in [5, 5.41) is 7.13. The number of benzene rings is 3. The molecule has 188 valence electrons. The van der Waals surface area contributed by atoms with Gasteiger partial charge in [-0.3, -0.25) is 0 Å². The highest BCUT2D eigenvalue weighted by Gasteiger charge is 2.24. The maximum absolute atomic E-state index is 3.90. The second-order valence-corrected chi connectivity index (χ2v) is 9.20. The number of nitrogens with one attached hydrogen (secondary N) is 2. The van der Waals surface area contributed by atoms with Crippen molar-refractivity contribution in [1.82, 2.24) is 5.32 Å². The van der Waals surface area contributed by atoms with Gasteiger partial charge in [-0.15, -0.1) is 6.58 Å². The molecule has 0 aliphatic carbocycles. The van der Waals surface area contributed by atoms with E-state index < -0.39 is 0 Å². The van der Waals surface area contributed by atoms with Crippen molar-refractivity contribution in [3.63, 3.8) is 0 Å². The zero-order valence-electron chi connectivity index (χ0n) is 22.9. The Labute approximate surface area is 218 Å². The molecule has 2 nitrogen and oxygen atoms in total. The van der Waals surface area contributed by atoms with Gasteiger partial charge in [0, 0.05) is 24.0 Å². The summed E-state index contributed by atoms with van der Waals surface area (Å²) in [7, 11) is 1.96. The molecule has 0 saturated carbocycles. The second kappa shape index (κ2) is 13.0. The first kappa shape index (κ1) is 27.1. The normalized spacial score (nSPS) is 14.8. The molecule has 1 aliphatic heterocycles. The molecular weight excluding hydrogens is 436 g/mol. The lowest BCUT2D eigenvalue weighted by atomic mass is 9.84. The van der Waals surface area contributed by atoms with Gasteiger partial charge < -0.3 is 10.6 Å². The Balaban J connectivity index is 0.00000115. The molecule has 0 saturated heterocycles. The van der Waals surface area contributed by atoms with Gasteiger partial charge in [0.2, 0.25) is 0 Å². The lowest BCUT2D eigenvalue weighted by Crippen LogP contribution is -2.24. The summed E-state index contributed by atoms with van der Waals surface area (Å²) in [6.07, 6.45) is 7.29. The van der Waals surface area contributed by atoms with Gasteiger partial charge in [0.15, 0.2) is 0 Å². The van der Waals surface area contributed by atoms with Crippen molar-refractivity contribution < 1.29 is 0 Å². The molecule has 0 bridgehead atoms. The molecule has 0 aromatic heterocycles. The molecule has 0 radical (unpaired) electrons. The number of allylic oxidation sites excluding steroid dienone is 3. The molecule has 0 fully saturated rings. The van der Waals surface area contributed by atoms with Crippen LogP contribution in [0.5, 0.6) is 0 Å². The van der Waals surface area contributed by atoms with Crippen molar-refractivity contribution in [2.75, 3.05) is 12.4 Å². The quantitative estimate of drug-likeness (QED) is 0.331. The number of hydrogen-bond acceptors (Lipinski definition) is 2. The number of hydrogen-bond donors (Lipinski definition) is 2. The summed E-state index contributed by atoms with van der Waals surface area (Å²) in [6.45, 7) is 14.2. The molecular formula is C34H42N2. The highest BCUT2D eigenvalue weighted by Crippen LogP contribution is 2.40. The molecule has 1 aliphatic rings. The minimum absolute atomic E-state index is 0.117. The third kappa shape index (κ3) is 5.99. The minimum atomic E-state index is 0.117. The largest absolute Gasteiger partial charge is 0.388 e. The topological polar surface area (TPSA) is 24.1 Å². The summed E-state index contributed by atoms with van der Waals surface area (Å²) < 4.78 is 0. The monoisotopic (exact) mass is 478 g/mol. The Bertz CT molecular complexity index is 1230. The fourth-order valence-electron chi connectivity index (χ4n) is 4.92. The van der Waals surface area contributed by atoms with E-state index in [9.17, 15) is 0 Å². The van der Waals surface area contributed by atoms with Crippen molar-refractivity contribution in [1.29, 1.82) is 0 Å². The summed E-state index contributed by atoms with van der Waals surface area (Å²) in [5.41, 5.74) is 13.2. The fraction of sp³-hybridized carbons (Fsp3) is 0.294. The number of dihydropyridines is 1. The van der Waals surface area contributed by atoms with E-state index in [0.717, 1.165) is 24.9 Å². The van der Waals surface area contributed by atoms with Crippen LogP contribution in [0.1, 0.15) is 73.5 Å². The maximum atomic E-state index is 3.90. The number of aryl methyl sites for hydroxylation is 3. The van der Waals surface area contributed by atoms with Gasteiger partial charge in [-0.05, 0) is 90.3 Å². The van der Waals surface area contributed by atoms with Crippen molar-refractivity contribution in [3.8, 4) is 0 Å². The zero-order chi connectivity index (χ0) is 26.1. The molecule has 1 atom stereocenters. The Morgan fingerprint density at radius 1 is 0.889 bits per heavy atom. The molecule has 1 unspecified atom stereocenters. The Morgan fingerprint density at radius 2 is 1.56 bits per heavy atom. The van der Waals surface area contributed by atoms with Crippen molar-refractivity contribution in [3.05, 3.63) is 124 Å². The van der Waals surface area contributed by atoms with Crippen molar-refractivity contribution >= 4 is 17.0 Å². The van der Waals surface area contributed by atoms with Gasteiger partial charge in [-0.2, -0.15) is 0 Å². The van der Waals surface area contributed by atoms with Crippen LogP contribution in [-0.2, 0) is 12.8 Å². The van der Waals surface area contributed by atoms with Gasteiger partial charge in [-0.25, -0.2) is 0 Å². The van der Waals surface area contributed by atoms with Crippen molar-refractivity contribution in [2.24, 2.45) is 0 Å². The van der Waals surface area contributed by atoms with Gasteiger partial charge in [0.25, 0.3) is 0 Å². The van der Waals surface area contributed by atoms with Crippen LogP contribution in [0.3, 0.4) is 0 Å². The molecule has 4 rings (SSSR count). The summed E-state index contributed by atoms with van der Waals surface area (Å²) >= 11 is 0. The van der Waals surface area contributed by atoms with Gasteiger partial charge >= 0.3 is 0 Å². The molecule has 2 heteroatoms. The molecule has 3 aromatic carbocycles. The summed E-state index contributed by atoms with van der Waals surface area (Å²) in [5.74, 6) is 0. The maximum Gasteiger partial charge on any atom is 0.0707 e. The predicted molar refractivity (Wildman–Crippen MR) is 159 cm³/mol. The third-order valence-corrected chi connectivity index (χ3v) is 6.87. The zero-order valence-corrected chi connectivity index (χ0v) is 22.9. The lowest BCUT2D eigenvalue weighted by Gasteiger charge is -2.31. The van der Waals surface area contributed by atoms with Crippen LogP contribution >= 0.6 is 0 Å². The average Bonchev–Trinajstić information content (AvgIpc) is 2.92. The summed E-state index contributed by atoms with van der Waals surface area (Å²) in [6, 6.07) is 24.7. The molecule has 3 aromatic rings. The molecule has 36 heavy (non-hydrogen) atoms. The average molecular weight is 479 g/mol. The summed E-state index contributed by atoms with van der Waals surface area (Å²) in [4.78, 5) is 0. The molecule has 1 heterocycles. The van der Waals surface area contributed by atoms with Crippen LogP contribution in [0, 0.1) is 6.92 Å². The van der Waals surface area contributed by atoms with E-state index in [1.807, 2.05) is 14.0 Å². The fourth-order valence-corrected chi connectivity index (χ4v) is 4.92. The first-order valence-electron chi connectivity index (χ1n) is 13.3. The van der Waals surface area contributed by atoms with Crippen LogP contribution in [0.15, 0.2) is 91.0 Å². The van der Waals surface area contributed by atoms with Gasteiger partial charge in [0.05, 0.1) is 6.04 Å². The first-order chi connectivity index (χ1) is 17.5. The third-order valence-electron chi connectivity index (χ3n) is 6.87. The number of rotatable bonds is 7. The SMILES string of the molecule is C=CC.CCC1=C(c2ccccc2C)NC(c2ccc(NC)cc2)C=C1c1ccc(CC)c(CC)c1. The van der Waals surface area contributed by atoms with Crippen LogP contribution in [0.2, 0.25) is 0 Å². The molecule has 0 spiro atoms. The lowest BCUT2D eigenvalue weighted by molar-refractivity contribution is 0.756.